The molecule has 0 atom stereocenters. The van der Waals surface area contributed by atoms with Gasteiger partial charge in [-0.25, -0.2) is 4.98 Å². The molecular weight excluding hydrogens is 366 g/mol. The Morgan fingerprint density at radius 2 is 1.96 bits per heavy atom. The molecule has 2 aromatic carbocycles. The van der Waals surface area contributed by atoms with E-state index < -0.39 is 0 Å². The van der Waals surface area contributed by atoms with Crippen molar-refractivity contribution in [1.29, 1.82) is 0 Å². The average Bonchev–Trinajstić information content (AvgIpc) is 2.99. The zero-order valence-electron chi connectivity index (χ0n) is 13.8. The predicted octanol–water partition coefficient (Wildman–Crippen LogP) is 5.02. The minimum Gasteiger partial charge on any atom is -0.342 e. The fraction of sp³-hybridized carbons (Fsp3) is 0.263. The Labute approximate surface area is 149 Å². The SMILES string of the molecule is CC(C)c1nc2ccc(CCC(=O)Nc3ccc(Br)cc3)cc2[nH]1. The monoisotopic (exact) mass is 385 g/mol. The minimum absolute atomic E-state index is 0.0184. The number of halogens is 1. The van der Waals surface area contributed by atoms with Crippen LogP contribution in [0, 0.1) is 0 Å². The van der Waals surface area contributed by atoms with Crippen molar-refractivity contribution in [2.75, 3.05) is 5.32 Å². The first-order valence-corrected chi connectivity index (χ1v) is 8.84. The molecule has 1 aromatic heterocycles. The van der Waals surface area contributed by atoms with E-state index in [9.17, 15) is 4.79 Å². The molecule has 0 aliphatic heterocycles. The van der Waals surface area contributed by atoms with Gasteiger partial charge in [-0.05, 0) is 48.4 Å². The van der Waals surface area contributed by atoms with E-state index in [2.05, 4.69) is 51.1 Å². The lowest BCUT2D eigenvalue weighted by Crippen LogP contribution is -2.12. The van der Waals surface area contributed by atoms with Crippen LogP contribution in [-0.2, 0) is 11.2 Å². The summed E-state index contributed by atoms with van der Waals surface area (Å²) in [5, 5.41) is 2.92. The summed E-state index contributed by atoms with van der Waals surface area (Å²) in [4.78, 5) is 20.0. The topological polar surface area (TPSA) is 57.8 Å². The van der Waals surface area contributed by atoms with E-state index in [0.29, 0.717) is 18.8 Å². The van der Waals surface area contributed by atoms with Gasteiger partial charge >= 0.3 is 0 Å². The number of rotatable bonds is 5. The number of anilines is 1. The molecule has 0 aliphatic rings. The van der Waals surface area contributed by atoms with Crippen molar-refractivity contribution in [3.05, 3.63) is 58.3 Å². The Balaban J connectivity index is 1.62. The number of fused-ring (bicyclic) bond motifs is 1. The lowest BCUT2D eigenvalue weighted by atomic mass is 10.1. The maximum absolute atomic E-state index is 12.1. The number of aromatic amines is 1. The molecule has 2 N–H and O–H groups in total. The molecule has 0 unspecified atom stereocenters. The molecule has 0 spiro atoms. The van der Waals surface area contributed by atoms with E-state index in [4.69, 9.17) is 0 Å². The molecule has 0 bridgehead atoms. The van der Waals surface area contributed by atoms with E-state index in [1.807, 2.05) is 36.4 Å². The smallest absolute Gasteiger partial charge is 0.224 e. The number of imidazole rings is 1. The van der Waals surface area contributed by atoms with Crippen LogP contribution in [0.4, 0.5) is 5.69 Å². The van der Waals surface area contributed by atoms with Gasteiger partial charge in [0.25, 0.3) is 0 Å². The van der Waals surface area contributed by atoms with Crippen LogP contribution in [0.2, 0.25) is 0 Å². The molecular formula is C19H20BrN3O. The van der Waals surface area contributed by atoms with Crippen LogP contribution >= 0.6 is 15.9 Å². The number of benzene rings is 2. The summed E-state index contributed by atoms with van der Waals surface area (Å²) >= 11 is 3.38. The van der Waals surface area contributed by atoms with Crippen molar-refractivity contribution in [3.63, 3.8) is 0 Å². The van der Waals surface area contributed by atoms with Gasteiger partial charge in [0.05, 0.1) is 11.0 Å². The molecule has 0 fully saturated rings. The molecule has 4 nitrogen and oxygen atoms in total. The number of aromatic nitrogens is 2. The normalized spacial score (nSPS) is 11.2. The second kappa shape index (κ2) is 7.18. The van der Waals surface area contributed by atoms with Crippen molar-refractivity contribution >= 4 is 38.6 Å². The quantitative estimate of drug-likeness (QED) is 0.647. The number of hydrogen-bond acceptors (Lipinski definition) is 2. The van der Waals surface area contributed by atoms with Crippen LogP contribution < -0.4 is 5.32 Å². The zero-order valence-corrected chi connectivity index (χ0v) is 15.4. The van der Waals surface area contributed by atoms with Crippen molar-refractivity contribution in [1.82, 2.24) is 9.97 Å². The van der Waals surface area contributed by atoms with E-state index in [1.54, 1.807) is 0 Å². The lowest BCUT2D eigenvalue weighted by molar-refractivity contribution is -0.116. The number of aryl methyl sites for hydroxylation is 1. The third-order valence-electron chi connectivity index (χ3n) is 3.88. The fourth-order valence-corrected chi connectivity index (χ4v) is 2.78. The van der Waals surface area contributed by atoms with Gasteiger partial charge in [0.2, 0.25) is 5.91 Å². The molecule has 1 heterocycles. The molecule has 0 saturated heterocycles. The van der Waals surface area contributed by atoms with E-state index in [1.165, 1.54) is 0 Å². The van der Waals surface area contributed by atoms with Crippen LogP contribution in [0.15, 0.2) is 46.9 Å². The van der Waals surface area contributed by atoms with Gasteiger partial charge in [-0.15, -0.1) is 0 Å². The Hall–Kier alpha value is -2.14. The first-order valence-electron chi connectivity index (χ1n) is 8.05. The van der Waals surface area contributed by atoms with Crippen LogP contribution in [0.1, 0.15) is 37.6 Å². The number of nitrogens with zero attached hydrogens (tertiary/aromatic N) is 1. The summed E-state index contributed by atoms with van der Waals surface area (Å²) in [6, 6.07) is 13.7. The molecule has 1 amide bonds. The number of carbonyl (C=O) groups is 1. The summed E-state index contributed by atoms with van der Waals surface area (Å²) in [6.07, 6.45) is 1.15. The first-order chi connectivity index (χ1) is 11.5. The second-order valence-electron chi connectivity index (χ2n) is 6.18. The molecule has 124 valence electrons. The molecule has 24 heavy (non-hydrogen) atoms. The van der Waals surface area contributed by atoms with Gasteiger partial charge in [-0.3, -0.25) is 4.79 Å². The molecule has 3 rings (SSSR count). The highest BCUT2D eigenvalue weighted by Crippen LogP contribution is 2.19. The average molecular weight is 386 g/mol. The van der Waals surface area contributed by atoms with E-state index >= 15 is 0 Å². The molecule has 5 heteroatoms. The number of H-pyrrole nitrogens is 1. The fourth-order valence-electron chi connectivity index (χ4n) is 2.52. The number of nitrogens with one attached hydrogen (secondary N) is 2. The largest absolute Gasteiger partial charge is 0.342 e. The summed E-state index contributed by atoms with van der Waals surface area (Å²) in [5.74, 6) is 1.39. The molecule has 0 radical (unpaired) electrons. The Bertz CT molecular complexity index is 853. The van der Waals surface area contributed by atoms with Gasteiger partial charge in [-0.1, -0.05) is 35.8 Å². The Kier molecular flexibility index (Phi) is 5.00. The molecule has 0 aliphatic carbocycles. The summed E-state index contributed by atoms with van der Waals surface area (Å²) in [5.41, 5.74) is 3.95. The highest BCUT2D eigenvalue weighted by atomic mass is 79.9. The second-order valence-corrected chi connectivity index (χ2v) is 7.10. The predicted molar refractivity (Wildman–Crippen MR) is 101 cm³/mol. The van der Waals surface area contributed by atoms with Crippen molar-refractivity contribution in [2.24, 2.45) is 0 Å². The third-order valence-corrected chi connectivity index (χ3v) is 4.41. The number of hydrogen-bond donors (Lipinski definition) is 2. The van der Waals surface area contributed by atoms with E-state index in [0.717, 1.165) is 32.6 Å². The summed E-state index contributed by atoms with van der Waals surface area (Å²) < 4.78 is 0.995. The van der Waals surface area contributed by atoms with Crippen LogP contribution in [0.3, 0.4) is 0 Å². The van der Waals surface area contributed by atoms with Crippen molar-refractivity contribution < 1.29 is 4.79 Å². The maximum atomic E-state index is 12.1. The van der Waals surface area contributed by atoms with Crippen molar-refractivity contribution in [3.8, 4) is 0 Å². The summed E-state index contributed by atoms with van der Waals surface area (Å²) in [6.45, 7) is 4.23. The molecule has 3 aromatic rings. The maximum Gasteiger partial charge on any atom is 0.224 e. The first kappa shape index (κ1) is 16.7. The minimum atomic E-state index is 0.0184. The lowest BCUT2D eigenvalue weighted by Gasteiger charge is -2.05. The molecule has 0 saturated carbocycles. The van der Waals surface area contributed by atoms with Gasteiger partial charge in [0.1, 0.15) is 5.82 Å². The Morgan fingerprint density at radius 3 is 2.67 bits per heavy atom. The van der Waals surface area contributed by atoms with E-state index in [-0.39, 0.29) is 5.91 Å². The van der Waals surface area contributed by atoms with Crippen LogP contribution in [-0.4, -0.2) is 15.9 Å². The number of amides is 1. The highest BCUT2D eigenvalue weighted by Gasteiger charge is 2.08. The van der Waals surface area contributed by atoms with Gasteiger partial charge in [-0.2, -0.15) is 0 Å². The highest BCUT2D eigenvalue weighted by molar-refractivity contribution is 9.10. The zero-order chi connectivity index (χ0) is 17.1. The van der Waals surface area contributed by atoms with Crippen LogP contribution in [0.25, 0.3) is 11.0 Å². The van der Waals surface area contributed by atoms with Gasteiger partial charge in [0, 0.05) is 22.5 Å². The van der Waals surface area contributed by atoms with Crippen LogP contribution in [0.5, 0.6) is 0 Å². The summed E-state index contributed by atoms with van der Waals surface area (Å²) in [7, 11) is 0. The van der Waals surface area contributed by atoms with Crippen molar-refractivity contribution in [2.45, 2.75) is 32.6 Å². The van der Waals surface area contributed by atoms with Gasteiger partial charge < -0.3 is 10.3 Å². The van der Waals surface area contributed by atoms with Gasteiger partial charge in [0.15, 0.2) is 0 Å². The number of carbonyl (C=O) groups excluding carboxylic acids is 1. The standard InChI is InChI=1S/C19H20BrN3O/c1-12(2)19-22-16-9-3-13(11-17(16)23-19)4-10-18(24)21-15-7-5-14(20)6-8-15/h3,5-9,11-12H,4,10H2,1-2H3,(H,21,24)(H,22,23). The third kappa shape index (κ3) is 4.03. The Morgan fingerprint density at radius 1 is 1.21 bits per heavy atom.